The molecule has 0 unspecified atom stereocenters. The van der Waals surface area contributed by atoms with Crippen LogP contribution in [-0.4, -0.2) is 42.1 Å². The number of sulfonamides is 1. The van der Waals surface area contributed by atoms with Crippen LogP contribution in [-0.2, 0) is 16.6 Å². The fraction of sp³-hybridized carbons (Fsp3) is 0.643. The zero-order valence-electron chi connectivity index (χ0n) is 12.5. The van der Waals surface area contributed by atoms with E-state index in [1.165, 1.54) is 4.31 Å². The van der Waals surface area contributed by atoms with Gasteiger partial charge in [-0.3, -0.25) is 5.10 Å². The molecule has 1 aromatic rings. The molecule has 0 spiro atoms. The zero-order chi connectivity index (χ0) is 15.5. The number of aromatic amines is 1. The van der Waals surface area contributed by atoms with Gasteiger partial charge in [0.15, 0.2) is 5.03 Å². The van der Waals surface area contributed by atoms with Crippen LogP contribution in [0.1, 0.15) is 32.3 Å². The minimum Gasteiger partial charge on any atom is -0.310 e. The Morgan fingerprint density at radius 2 is 2.29 bits per heavy atom. The van der Waals surface area contributed by atoms with Crippen molar-refractivity contribution in [3.63, 3.8) is 0 Å². The van der Waals surface area contributed by atoms with E-state index in [1.54, 1.807) is 6.20 Å². The number of nitrogens with one attached hydrogen (secondary N) is 2. The van der Waals surface area contributed by atoms with Crippen LogP contribution in [0.2, 0.25) is 0 Å². The average molecular weight is 310 g/mol. The molecular weight excluding hydrogens is 288 g/mol. The topological polar surface area (TPSA) is 78.1 Å². The molecule has 0 radical (unpaired) electrons. The summed E-state index contributed by atoms with van der Waals surface area (Å²) in [4.78, 5) is 0. The van der Waals surface area contributed by atoms with E-state index in [2.05, 4.69) is 21.4 Å². The van der Waals surface area contributed by atoms with E-state index in [9.17, 15) is 8.42 Å². The number of rotatable bonds is 8. The minimum absolute atomic E-state index is 0.0922. The molecule has 0 aliphatic heterocycles. The summed E-state index contributed by atoms with van der Waals surface area (Å²) in [6, 6.07) is 0.267. The van der Waals surface area contributed by atoms with Crippen molar-refractivity contribution in [1.29, 1.82) is 0 Å². The molecule has 0 saturated heterocycles. The second-order valence-electron chi connectivity index (χ2n) is 5.71. The first-order chi connectivity index (χ1) is 9.95. The summed E-state index contributed by atoms with van der Waals surface area (Å²) in [6.45, 7) is 5.05. The van der Waals surface area contributed by atoms with Crippen LogP contribution < -0.4 is 5.32 Å². The van der Waals surface area contributed by atoms with Gasteiger partial charge in [0.2, 0.25) is 0 Å². The first-order valence-electron chi connectivity index (χ1n) is 7.14. The van der Waals surface area contributed by atoms with E-state index in [4.69, 9.17) is 6.42 Å². The predicted octanol–water partition coefficient (Wildman–Crippen LogP) is 0.942. The largest absolute Gasteiger partial charge is 0.310 e. The minimum atomic E-state index is -3.62. The maximum atomic E-state index is 12.7. The average Bonchev–Trinajstić information content (AvgIpc) is 3.10. The third-order valence-corrected chi connectivity index (χ3v) is 5.23. The zero-order valence-corrected chi connectivity index (χ0v) is 13.3. The predicted molar refractivity (Wildman–Crippen MR) is 80.9 cm³/mol. The molecule has 0 bridgehead atoms. The Labute approximate surface area is 126 Å². The lowest BCUT2D eigenvalue weighted by atomic mass is 10.3. The molecule has 6 nitrogen and oxygen atoms in total. The van der Waals surface area contributed by atoms with Crippen molar-refractivity contribution < 1.29 is 8.42 Å². The van der Waals surface area contributed by atoms with E-state index in [0.29, 0.717) is 24.6 Å². The fourth-order valence-corrected chi connectivity index (χ4v) is 3.56. The Bertz CT molecular complexity index is 611. The van der Waals surface area contributed by atoms with Gasteiger partial charge in [0.25, 0.3) is 10.0 Å². The van der Waals surface area contributed by atoms with Gasteiger partial charge in [0, 0.05) is 24.7 Å². The molecular formula is C14H22N4O2S. The molecule has 1 aromatic heterocycles. The smallest absolute Gasteiger partial charge is 0.261 e. The summed E-state index contributed by atoms with van der Waals surface area (Å²) in [5.41, 5.74) is 0.640. The number of terminal acetylenes is 1. The van der Waals surface area contributed by atoms with Gasteiger partial charge in [-0.1, -0.05) is 19.8 Å². The Kier molecular flexibility index (Phi) is 5.04. The van der Waals surface area contributed by atoms with E-state index in [0.717, 1.165) is 12.8 Å². The number of nitrogens with zero attached hydrogens (tertiary/aromatic N) is 2. The van der Waals surface area contributed by atoms with Crippen molar-refractivity contribution in [2.75, 3.05) is 13.1 Å². The van der Waals surface area contributed by atoms with Gasteiger partial charge in [0.05, 0.1) is 12.7 Å². The van der Waals surface area contributed by atoms with E-state index in [-0.39, 0.29) is 17.6 Å². The standard InChI is InChI=1S/C14H22N4O2S/c1-4-7-18(10-12-5-6-12)21(19,20)14-13(9-16-17-14)8-15-11(2)3/h1,9,11-12,15H,5-8,10H2,2-3H3,(H,16,17). The summed E-state index contributed by atoms with van der Waals surface area (Å²) in [5.74, 6) is 2.87. The van der Waals surface area contributed by atoms with Crippen LogP contribution in [0.25, 0.3) is 0 Å². The molecule has 21 heavy (non-hydrogen) atoms. The van der Waals surface area contributed by atoms with Crippen LogP contribution in [0.15, 0.2) is 11.2 Å². The van der Waals surface area contributed by atoms with E-state index in [1.807, 2.05) is 13.8 Å². The first-order valence-corrected chi connectivity index (χ1v) is 8.58. The van der Waals surface area contributed by atoms with Crippen molar-refractivity contribution in [2.45, 2.75) is 44.3 Å². The van der Waals surface area contributed by atoms with Crippen molar-refractivity contribution >= 4 is 10.0 Å². The van der Waals surface area contributed by atoms with Gasteiger partial charge in [-0.25, -0.2) is 8.42 Å². The van der Waals surface area contributed by atoms with Crippen LogP contribution in [0.4, 0.5) is 0 Å². The van der Waals surface area contributed by atoms with Gasteiger partial charge >= 0.3 is 0 Å². The molecule has 1 heterocycles. The summed E-state index contributed by atoms with van der Waals surface area (Å²) < 4.78 is 26.9. The molecule has 1 aliphatic rings. The quantitative estimate of drug-likeness (QED) is 0.701. The van der Waals surface area contributed by atoms with Gasteiger partial charge < -0.3 is 5.32 Å². The van der Waals surface area contributed by atoms with Crippen LogP contribution in [0.3, 0.4) is 0 Å². The number of hydrogen-bond donors (Lipinski definition) is 2. The van der Waals surface area contributed by atoms with Gasteiger partial charge in [0.1, 0.15) is 0 Å². The molecule has 7 heteroatoms. The molecule has 1 saturated carbocycles. The van der Waals surface area contributed by atoms with Gasteiger partial charge in [-0.05, 0) is 18.8 Å². The number of aromatic nitrogens is 2. The number of hydrogen-bond acceptors (Lipinski definition) is 4. The molecule has 0 atom stereocenters. The van der Waals surface area contributed by atoms with Crippen molar-refractivity contribution in [1.82, 2.24) is 19.8 Å². The van der Waals surface area contributed by atoms with E-state index < -0.39 is 10.0 Å². The monoisotopic (exact) mass is 310 g/mol. The van der Waals surface area contributed by atoms with E-state index >= 15 is 0 Å². The van der Waals surface area contributed by atoms with Gasteiger partial charge in [-0.15, -0.1) is 6.42 Å². The Hall–Kier alpha value is -1.36. The Balaban J connectivity index is 2.20. The molecule has 2 N–H and O–H groups in total. The highest BCUT2D eigenvalue weighted by molar-refractivity contribution is 7.89. The molecule has 116 valence electrons. The summed E-state index contributed by atoms with van der Waals surface area (Å²) in [7, 11) is -3.62. The molecule has 0 aromatic carbocycles. The normalized spacial score (nSPS) is 15.6. The third-order valence-electron chi connectivity index (χ3n) is 3.40. The Morgan fingerprint density at radius 1 is 1.57 bits per heavy atom. The maximum Gasteiger partial charge on any atom is 0.261 e. The van der Waals surface area contributed by atoms with Crippen LogP contribution >= 0.6 is 0 Å². The van der Waals surface area contributed by atoms with Crippen molar-refractivity contribution in [3.05, 3.63) is 11.8 Å². The molecule has 1 fully saturated rings. The maximum absolute atomic E-state index is 12.7. The van der Waals surface area contributed by atoms with Crippen molar-refractivity contribution in [3.8, 4) is 12.3 Å². The molecule has 2 rings (SSSR count). The SMILES string of the molecule is C#CCN(CC1CC1)S(=O)(=O)c1[nH]ncc1CNC(C)C. The summed E-state index contributed by atoms with van der Waals surface area (Å²) >= 11 is 0. The lowest BCUT2D eigenvalue weighted by Crippen LogP contribution is -2.34. The van der Waals surface area contributed by atoms with Crippen LogP contribution in [0, 0.1) is 18.3 Å². The number of H-pyrrole nitrogens is 1. The second kappa shape index (κ2) is 6.60. The molecule has 0 amide bonds. The second-order valence-corrected chi connectivity index (χ2v) is 7.58. The lowest BCUT2D eigenvalue weighted by Gasteiger charge is -2.19. The fourth-order valence-electron chi connectivity index (χ4n) is 2.03. The summed E-state index contributed by atoms with van der Waals surface area (Å²) in [5, 5.41) is 9.84. The Morgan fingerprint density at radius 3 is 2.86 bits per heavy atom. The van der Waals surface area contributed by atoms with Gasteiger partial charge in [-0.2, -0.15) is 9.40 Å². The lowest BCUT2D eigenvalue weighted by molar-refractivity contribution is 0.426. The highest BCUT2D eigenvalue weighted by atomic mass is 32.2. The van der Waals surface area contributed by atoms with Crippen molar-refractivity contribution in [2.24, 2.45) is 5.92 Å². The highest BCUT2D eigenvalue weighted by Crippen LogP contribution is 2.31. The highest BCUT2D eigenvalue weighted by Gasteiger charge is 2.33. The third kappa shape index (κ3) is 4.06. The van der Waals surface area contributed by atoms with Crippen LogP contribution in [0.5, 0.6) is 0 Å². The molecule has 1 aliphatic carbocycles. The summed E-state index contributed by atoms with van der Waals surface area (Å²) in [6.07, 6.45) is 9.01. The first kappa shape index (κ1) is 16.0.